The summed E-state index contributed by atoms with van der Waals surface area (Å²) in [7, 11) is 1.55. The van der Waals surface area contributed by atoms with Crippen LogP contribution in [0.4, 0.5) is 15.8 Å². The molecule has 6 heteroatoms. The first kappa shape index (κ1) is 19.4. The van der Waals surface area contributed by atoms with Crippen LogP contribution >= 0.6 is 0 Å². The quantitative estimate of drug-likeness (QED) is 0.637. The van der Waals surface area contributed by atoms with Crippen molar-refractivity contribution in [3.05, 3.63) is 95.4 Å². The van der Waals surface area contributed by atoms with Gasteiger partial charge in [0, 0.05) is 11.8 Å². The fourth-order valence-corrected chi connectivity index (χ4v) is 3.33. The summed E-state index contributed by atoms with van der Waals surface area (Å²) in [4.78, 5) is 27.6. The van der Waals surface area contributed by atoms with Gasteiger partial charge in [-0.25, -0.2) is 9.29 Å². The highest BCUT2D eigenvalue weighted by molar-refractivity contribution is 6.46. The van der Waals surface area contributed by atoms with Crippen LogP contribution in [0.2, 0.25) is 0 Å². The Morgan fingerprint density at radius 3 is 2.33 bits per heavy atom. The molecule has 30 heavy (non-hydrogen) atoms. The molecular weight excluding hydrogens is 383 g/mol. The fourth-order valence-electron chi connectivity index (χ4n) is 3.33. The highest BCUT2D eigenvalue weighted by atomic mass is 19.1. The molecular formula is C24H19FN2O3. The molecule has 1 heterocycles. The molecule has 2 amide bonds. The van der Waals surface area contributed by atoms with Gasteiger partial charge in [0.15, 0.2) is 0 Å². The summed E-state index contributed by atoms with van der Waals surface area (Å²) in [6, 6.07) is 19.8. The Morgan fingerprint density at radius 2 is 1.63 bits per heavy atom. The molecule has 1 aliphatic rings. The van der Waals surface area contributed by atoms with Crippen molar-refractivity contribution in [1.29, 1.82) is 0 Å². The largest absolute Gasteiger partial charge is 0.497 e. The highest BCUT2D eigenvalue weighted by Gasteiger charge is 2.40. The van der Waals surface area contributed by atoms with Crippen LogP contribution in [0.15, 0.2) is 78.5 Å². The Kier molecular flexibility index (Phi) is 5.06. The molecule has 1 N–H and O–H groups in total. The number of methoxy groups -OCH3 is 1. The van der Waals surface area contributed by atoms with Crippen molar-refractivity contribution in [2.45, 2.75) is 6.92 Å². The number of halogens is 1. The molecule has 0 radical (unpaired) electrons. The maximum atomic E-state index is 13.8. The zero-order chi connectivity index (χ0) is 21.3. The number of amides is 2. The maximum Gasteiger partial charge on any atom is 0.282 e. The Hall–Kier alpha value is -3.93. The average Bonchev–Trinajstić information content (AvgIpc) is 2.98. The van der Waals surface area contributed by atoms with Gasteiger partial charge in [-0.3, -0.25) is 9.59 Å². The van der Waals surface area contributed by atoms with Gasteiger partial charge < -0.3 is 10.1 Å². The second-order valence-corrected chi connectivity index (χ2v) is 6.90. The van der Waals surface area contributed by atoms with Gasteiger partial charge in [-0.1, -0.05) is 42.0 Å². The lowest BCUT2D eigenvalue weighted by molar-refractivity contribution is -0.120. The van der Waals surface area contributed by atoms with Gasteiger partial charge >= 0.3 is 0 Å². The third-order valence-corrected chi connectivity index (χ3v) is 4.83. The molecule has 150 valence electrons. The van der Waals surface area contributed by atoms with Crippen molar-refractivity contribution < 1.29 is 18.7 Å². The van der Waals surface area contributed by atoms with Gasteiger partial charge in [0.05, 0.1) is 18.4 Å². The summed E-state index contributed by atoms with van der Waals surface area (Å²) in [5.41, 5.74) is 2.75. The average molecular weight is 402 g/mol. The minimum atomic E-state index is -0.552. The number of nitrogens with one attached hydrogen (secondary N) is 1. The first-order valence-electron chi connectivity index (χ1n) is 9.34. The van der Waals surface area contributed by atoms with E-state index < -0.39 is 17.6 Å². The van der Waals surface area contributed by atoms with Crippen molar-refractivity contribution in [3.63, 3.8) is 0 Å². The molecule has 0 aromatic heterocycles. The van der Waals surface area contributed by atoms with Gasteiger partial charge in [0.1, 0.15) is 17.3 Å². The summed E-state index contributed by atoms with van der Waals surface area (Å²) < 4.78 is 19.0. The third kappa shape index (κ3) is 3.55. The molecule has 1 aliphatic heterocycles. The first-order chi connectivity index (χ1) is 14.5. The van der Waals surface area contributed by atoms with Crippen LogP contribution in [0.25, 0.3) is 5.57 Å². The Labute approximate surface area is 173 Å². The van der Waals surface area contributed by atoms with E-state index in [1.165, 1.54) is 18.2 Å². The van der Waals surface area contributed by atoms with Crippen LogP contribution in [-0.2, 0) is 9.59 Å². The van der Waals surface area contributed by atoms with E-state index >= 15 is 0 Å². The number of anilines is 2. The van der Waals surface area contributed by atoms with Crippen molar-refractivity contribution in [2.75, 3.05) is 17.3 Å². The number of nitrogens with zero attached hydrogens (tertiary/aromatic N) is 1. The van der Waals surface area contributed by atoms with Gasteiger partial charge in [0.2, 0.25) is 0 Å². The summed E-state index contributed by atoms with van der Waals surface area (Å²) in [5.74, 6) is -0.987. The predicted octanol–water partition coefficient (Wildman–Crippen LogP) is 4.54. The minimum Gasteiger partial charge on any atom is -0.497 e. The topological polar surface area (TPSA) is 58.6 Å². The number of rotatable bonds is 5. The molecule has 0 fully saturated rings. The van der Waals surface area contributed by atoms with Crippen molar-refractivity contribution >= 4 is 28.8 Å². The Bertz CT molecular complexity index is 1170. The van der Waals surface area contributed by atoms with E-state index in [1.54, 1.807) is 43.5 Å². The number of carbonyl (C=O) groups excluding carboxylic acids is 2. The number of hydrogen-bond donors (Lipinski definition) is 1. The van der Waals surface area contributed by atoms with Crippen LogP contribution in [0.3, 0.4) is 0 Å². The summed E-state index contributed by atoms with van der Waals surface area (Å²) in [6.07, 6.45) is 0. The van der Waals surface area contributed by atoms with Crippen LogP contribution in [0.1, 0.15) is 11.1 Å². The van der Waals surface area contributed by atoms with Crippen molar-refractivity contribution in [3.8, 4) is 5.75 Å². The van der Waals surface area contributed by atoms with Crippen LogP contribution in [0, 0.1) is 12.7 Å². The second-order valence-electron chi connectivity index (χ2n) is 6.90. The maximum absolute atomic E-state index is 13.8. The third-order valence-electron chi connectivity index (χ3n) is 4.83. The zero-order valence-corrected chi connectivity index (χ0v) is 16.5. The summed E-state index contributed by atoms with van der Waals surface area (Å²) >= 11 is 0. The molecule has 0 unspecified atom stereocenters. The molecule has 3 aromatic carbocycles. The van der Waals surface area contributed by atoms with Crippen LogP contribution in [-0.4, -0.2) is 18.9 Å². The number of hydrogen-bond acceptors (Lipinski definition) is 4. The SMILES string of the molecule is COc1cccc(NC2=C(c3ccc(C)cc3)C(=O)N(c3cccc(F)c3)C2=O)c1. The van der Waals surface area contributed by atoms with E-state index in [0.717, 1.165) is 16.5 Å². The van der Waals surface area contributed by atoms with Gasteiger partial charge in [-0.2, -0.15) is 0 Å². The molecule has 5 nitrogen and oxygen atoms in total. The molecule has 0 saturated carbocycles. The second kappa shape index (κ2) is 7.83. The number of ether oxygens (including phenoxy) is 1. The standard InChI is InChI=1S/C24H19FN2O3/c1-15-9-11-16(12-10-15)21-22(26-18-6-4-8-20(14-18)30-2)24(29)27(23(21)28)19-7-3-5-17(25)13-19/h3-14,26H,1-2H3. The predicted molar refractivity (Wildman–Crippen MR) is 114 cm³/mol. The molecule has 3 aromatic rings. The normalized spacial score (nSPS) is 13.8. The van der Waals surface area contributed by atoms with E-state index in [9.17, 15) is 14.0 Å². The monoisotopic (exact) mass is 402 g/mol. The summed E-state index contributed by atoms with van der Waals surface area (Å²) in [6.45, 7) is 1.94. The molecule has 0 saturated heterocycles. The number of imide groups is 1. The lowest BCUT2D eigenvalue weighted by Crippen LogP contribution is -2.32. The van der Waals surface area contributed by atoms with E-state index in [0.29, 0.717) is 17.0 Å². The van der Waals surface area contributed by atoms with E-state index in [1.807, 2.05) is 19.1 Å². The van der Waals surface area contributed by atoms with Gasteiger partial charge in [-0.15, -0.1) is 0 Å². The fraction of sp³-hybridized carbons (Fsp3) is 0.0833. The van der Waals surface area contributed by atoms with Gasteiger partial charge in [-0.05, 0) is 42.8 Å². The smallest absolute Gasteiger partial charge is 0.282 e. The lowest BCUT2D eigenvalue weighted by Gasteiger charge is -2.15. The zero-order valence-electron chi connectivity index (χ0n) is 16.5. The number of aryl methyl sites for hydroxylation is 1. The van der Waals surface area contributed by atoms with E-state index in [-0.39, 0.29) is 17.0 Å². The Morgan fingerprint density at radius 1 is 0.900 bits per heavy atom. The molecule has 0 aliphatic carbocycles. The molecule has 0 atom stereocenters. The summed E-state index contributed by atoms with van der Waals surface area (Å²) in [5, 5.41) is 3.07. The minimum absolute atomic E-state index is 0.126. The number of benzene rings is 3. The van der Waals surface area contributed by atoms with Crippen LogP contribution in [0.5, 0.6) is 5.75 Å². The molecule has 0 bridgehead atoms. The van der Waals surface area contributed by atoms with Crippen molar-refractivity contribution in [1.82, 2.24) is 0 Å². The first-order valence-corrected chi connectivity index (χ1v) is 9.34. The molecule has 0 spiro atoms. The lowest BCUT2D eigenvalue weighted by atomic mass is 10.0. The van der Waals surface area contributed by atoms with Crippen LogP contribution < -0.4 is 15.0 Å². The van der Waals surface area contributed by atoms with E-state index in [4.69, 9.17) is 4.74 Å². The van der Waals surface area contributed by atoms with Crippen molar-refractivity contribution in [2.24, 2.45) is 0 Å². The van der Waals surface area contributed by atoms with E-state index in [2.05, 4.69) is 5.32 Å². The van der Waals surface area contributed by atoms with Gasteiger partial charge in [0.25, 0.3) is 11.8 Å². The number of carbonyl (C=O) groups is 2. The Balaban J connectivity index is 1.82. The molecule has 4 rings (SSSR count). The highest BCUT2D eigenvalue weighted by Crippen LogP contribution is 2.34.